The number of morpholine rings is 1. The maximum Gasteiger partial charge on any atom is 0.407 e. The smallest absolute Gasteiger partial charge is 0.407 e. The Labute approximate surface area is 256 Å². The molecule has 226 valence electrons. The van der Waals surface area contributed by atoms with Crippen molar-refractivity contribution in [2.75, 3.05) is 44.3 Å². The molecule has 0 bridgehead atoms. The van der Waals surface area contributed by atoms with Crippen molar-refractivity contribution in [2.24, 2.45) is 0 Å². The number of pyridine rings is 1. The zero-order valence-electron chi connectivity index (χ0n) is 25.0. The Morgan fingerprint density at radius 3 is 2.67 bits per heavy atom. The minimum Gasteiger partial charge on any atom is -0.444 e. The van der Waals surface area contributed by atoms with Gasteiger partial charge in [0, 0.05) is 55.5 Å². The van der Waals surface area contributed by atoms with E-state index in [1.165, 1.54) is 0 Å². The summed E-state index contributed by atoms with van der Waals surface area (Å²) in [6, 6.07) is 11.5. The highest BCUT2D eigenvalue weighted by Crippen LogP contribution is 2.46. The molecule has 1 aliphatic carbocycles. The van der Waals surface area contributed by atoms with Crippen LogP contribution in [0.25, 0.3) is 22.4 Å². The minimum absolute atomic E-state index is 0.0773. The van der Waals surface area contributed by atoms with Crippen molar-refractivity contribution in [3.05, 3.63) is 58.6 Å². The lowest BCUT2D eigenvalue weighted by molar-refractivity contribution is 0.0502. The second kappa shape index (κ2) is 12.1. The first-order valence-electron chi connectivity index (χ1n) is 15.0. The Morgan fingerprint density at radius 1 is 1.07 bits per heavy atom. The maximum atomic E-state index is 13.5. The number of anilines is 1. The Hall–Kier alpha value is -3.76. The number of ketones is 1. The zero-order valence-corrected chi connectivity index (χ0v) is 25.8. The van der Waals surface area contributed by atoms with Crippen LogP contribution < -0.4 is 10.2 Å². The fraction of sp³-hybridized carbons (Fsp3) is 0.455. The number of alkyl carbamates (subject to hydrolysis) is 1. The van der Waals surface area contributed by atoms with Crippen LogP contribution in [0.2, 0.25) is 0 Å². The van der Waals surface area contributed by atoms with Crippen molar-refractivity contribution in [3.8, 4) is 22.4 Å². The number of nitrogens with one attached hydrogen (secondary N) is 1. The molecule has 0 spiro atoms. The molecule has 2 amide bonds. The van der Waals surface area contributed by atoms with Gasteiger partial charge in [-0.05, 0) is 75.4 Å². The van der Waals surface area contributed by atoms with Crippen LogP contribution in [0.5, 0.6) is 0 Å². The summed E-state index contributed by atoms with van der Waals surface area (Å²) in [6.07, 6.45) is 4.38. The lowest BCUT2D eigenvalue weighted by Gasteiger charge is -2.29. The van der Waals surface area contributed by atoms with Crippen LogP contribution in [-0.2, 0) is 15.9 Å². The number of fused-ring (bicyclic) bond motifs is 1. The van der Waals surface area contributed by atoms with Gasteiger partial charge in [0.15, 0.2) is 5.78 Å². The molecule has 43 heavy (non-hydrogen) atoms. The standard InChI is InChI=1S/C33H38N4O5S/c1-33(2,3)42-32(40)35-24-11-13-37(20-24)30(39)23-7-4-6-21(18-23)26-19-22(10-12-34-26)28-25-8-5-9-27(38)29(25)43-31(28)36-14-16-41-17-15-36/h4,6-7,10,12,18-19,24H,5,8-9,11,13-17,20H2,1-3H3,(H,35,40)/t24-/m0/s1. The van der Waals surface area contributed by atoms with E-state index < -0.39 is 11.7 Å². The first kappa shape index (κ1) is 29.3. The zero-order chi connectivity index (χ0) is 30.1. The molecule has 1 aromatic carbocycles. The highest BCUT2D eigenvalue weighted by molar-refractivity contribution is 7.19. The van der Waals surface area contributed by atoms with Gasteiger partial charge >= 0.3 is 6.09 Å². The number of Topliss-reactive ketones (excluding diaryl/α,β-unsaturated/α-hetero) is 1. The minimum atomic E-state index is -0.575. The van der Waals surface area contributed by atoms with Gasteiger partial charge in [0.05, 0.1) is 34.8 Å². The summed E-state index contributed by atoms with van der Waals surface area (Å²) in [4.78, 5) is 48.2. The van der Waals surface area contributed by atoms with E-state index >= 15 is 0 Å². The SMILES string of the molecule is CC(C)(C)OC(=O)N[C@H]1CCN(C(=O)c2cccc(-c3cc(-c4c(N5CCOCC5)sc5c4CCCC5=O)ccn3)c2)C1. The van der Waals surface area contributed by atoms with Crippen molar-refractivity contribution in [2.45, 2.75) is 58.1 Å². The molecule has 2 aliphatic heterocycles. The van der Waals surface area contributed by atoms with Gasteiger partial charge in [0.1, 0.15) is 5.60 Å². The number of carbonyl (C=O) groups is 3. The summed E-state index contributed by atoms with van der Waals surface area (Å²) in [6.45, 7) is 9.42. The largest absolute Gasteiger partial charge is 0.444 e. The number of rotatable bonds is 5. The second-order valence-electron chi connectivity index (χ2n) is 12.4. The Kier molecular flexibility index (Phi) is 8.24. The van der Waals surface area contributed by atoms with Gasteiger partial charge in [-0.2, -0.15) is 0 Å². The molecule has 3 aromatic rings. The van der Waals surface area contributed by atoms with Gasteiger partial charge in [-0.15, -0.1) is 11.3 Å². The van der Waals surface area contributed by atoms with E-state index in [-0.39, 0.29) is 17.7 Å². The number of amides is 2. The van der Waals surface area contributed by atoms with E-state index in [1.807, 2.05) is 57.3 Å². The van der Waals surface area contributed by atoms with Gasteiger partial charge in [0.2, 0.25) is 0 Å². The summed E-state index contributed by atoms with van der Waals surface area (Å²) in [7, 11) is 0. The molecule has 1 N–H and O–H groups in total. The average Bonchev–Trinajstić information content (AvgIpc) is 3.62. The Balaban J connectivity index is 1.24. The lowest BCUT2D eigenvalue weighted by atomic mass is 9.91. The summed E-state index contributed by atoms with van der Waals surface area (Å²) in [5.74, 6) is 0.157. The van der Waals surface area contributed by atoms with Crippen molar-refractivity contribution in [1.29, 1.82) is 0 Å². The first-order chi connectivity index (χ1) is 20.7. The van der Waals surface area contributed by atoms with E-state index in [9.17, 15) is 14.4 Å². The summed E-state index contributed by atoms with van der Waals surface area (Å²) >= 11 is 1.62. The quantitative estimate of drug-likeness (QED) is 0.407. The summed E-state index contributed by atoms with van der Waals surface area (Å²) < 4.78 is 11.0. The van der Waals surface area contributed by atoms with Gasteiger partial charge < -0.3 is 24.6 Å². The Morgan fingerprint density at radius 2 is 1.88 bits per heavy atom. The van der Waals surface area contributed by atoms with E-state index in [0.717, 1.165) is 63.8 Å². The number of thiophene rings is 1. The monoisotopic (exact) mass is 602 g/mol. The molecule has 0 radical (unpaired) electrons. The number of ether oxygens (including phenoxy) is 2. The van der Waals surface area contributed by atoms with E-state index in [0.29, 0.717) is 44.7 Å². The van der Waals surface area contributed by atoms with Crippen LogP contribution in [0.4, 0.5) is 9.80 Å². The predicted molar refractivity (Wildman–Crippen MR) is 167 cm³/mol. The molecule has 3 aliphatic rings. The molecular weight excluding hydrogens is 564 g/mol. The average molecular weight is 603 g/mol. The van der Waals surface area contributed by atoms with Crippen LogP contribution in [0.1, 0.15) is 65.6 Å². The van der Waals surface area contributed by atoms with Gasteiger partial charge in [-0.3, -0.25) is 14.6 Å². The lowest BCUT2D eigenvalue weighted by Crippen LogP contribution is -2.41. The number of benzene rings is 1. The summed E-state index contributed by atoms with van der Waals surface area (Å²) in [5, 5.41) is 4.02. The van der Waals surface area contributed by atoms with Crippen molar-refractivity contribution < 1.29 is 23.9 Å². The summed E-state index contributed by atoms with van der Waals surface area (Å²) in [5.41, 5.74) is 4.94. The van der Waals surface area contributed by atoms with Gasteiger partial charge in [-0.1, -0.05) is 12.1 Å². The number of nitrogens with zero attached hydrogens (tertiary/aromatic N) is 3. The van der Waals surface area contributed by atoms with Crippen molar-refractivity contribution in [3.63, 3.8) is 0 Å². The van der Waals surface area contributed by atoms with Crippen molar-refractivity contribution in [1.82, 2.24) is 15.2 Å². The molecule has 2 saturated heterocycles. The number of hydrogen-bond acceptors (Lipinski definition) is 8. The third-order valence-corrected chi connectivity index (χ3v) is 9.35. The Bertz CT molecular complexity index is 1540. The van der Waals surface area contributed by atoms with Crippen LogP contribution >= 0.6 is 11.3 Å². The topological polar surface area (TPSA) is 101 Å². The van der Waals surface area contributed by atoms with Crippen LogP contribution in [0.15, 0.2) is 42.6 Å². The number of carbonyl (C=O) groups excluding carboxylic acids is 3. The van der Waals surface area contributed by atoms with Crippen LogP contribution in [0, 0.1) is 0 Å². The molecule has 0 unspecified atom stereocenters. The highest BCUT2D eigenvalue weighted by Gasteiger charge is 2.31. The molecule has 10 heteroatoms. The van der Waals surface area contributed by atoms with E-state index in [1.54, 1.807) is 16.2 Å². The molecular formula is C33H38N4O5S. The molecule has 9 nitrogen and oxygen atoms in total. The van der Waals surface area contributed by atoms with Gasteiger partial charge in [0.25, 0.3) is 5.91 Å². The molecule has 4 heterocycles. The molecule has 2 aromatic heterocycles. The third-order valence-electron chi connectivity index (χ3n) is 8.02. The fourth-order valence-electron chi connectivity index (χ4n) is 6.02. The number of likely N-dealkylation sites (tertiary alicyclic amines) is 1. The molecule has 0 saturated carbocycles. The van der Waals surface area contributed by atoms with Crippen molar-refractivity contribution >= 4 is 34.1 Å². The third kappa shape index (κ3) is 6.45. The number of hydrogen-bond donors (Lipinski definition) is 1. The van der Waals surface area contributed by atoms with Crippen LogP contribution in [0.3, 0.4) is 0 Å². The van der Waals surface area contributed by atoms with Crippen LogP contribution in [-0.4, -0.2) is 78.7 Å². The molecule has 6 rings (SSSR count). The fourth-order valence-corrected chi connectivity index (χ4v) is 7.41. The van der Waals surface area contributed by atoms with E-state index in [4.69, 9.17) is 9.47 Å². The predicted octanol–water partition coefficient (Wildman–Crippen LogP) is 5.57. The highest BCUT2D eigenvalue weighted by atomic mass is 32.1. The normalized spacial score (nSPS) is 18.9. The maximum absolute atomic E-state index is 13.5. The molecule has 1 atom stereocenters. The van der Waals surface area contributed by atoms with Gasteiger partial charge in [-0.25, -0.2) is 4.79 Å². The first-order valence-corrected chi connectivity index (χ1v) is 15.8. The molecule has 2 fully saturated rings. The second-order valence-corrected chi connectivity index (χ2v) is 13.4. The van der Waals surface area contributed by atoms with E-state index in [2.05, 4.69) is 21.3 Å². The number of aromatic nitrogens is 1.